The summed E-state index contributed by atoms with van der Waals surface area (Å²) in [5, 5.41) is 16.4. The zero-order chi connectivity index (χ0) is 24.5. The number of hydrogen-bond acceptors (Lipinski definition) is 6. The van der Waals surface area contributed by atoms with E-state index >= 15 is 0 Å². The van der Waals surface area contributed by atoms with Gasteiger partial charge in [0.25, 0.3) is 0 Å². The molecule has 1 saturated heterocycles. The summed E-state index contributed by atoms with van der Waals surface area (Å²) in [7, 11) is 0. The first-order valence-electron chi connectivity index (χ1n) is 11.8. The lowest BCUT2D eigenvalue weighted by atomic mass is 9.98. The number of nitrogens with one attached hydrogen (secondary N) is 2. The van der Waals surface area contributed by atoms with Gasteiger partial charge in [-0.25, -0.2) is 18.7 Å². The number of nitrogens with zero attached hydrogens (tertiary/aromatic N) is 3. The average Bonchev–Trinajstić information content (AvgIpc) is 3.25. The van der Waals surface area contributed by atoms with Crippen LogP contribution in [0.4, 0.5) is 20.3 Å². The third-order valence-electron chi connectivity index (χ3n) is 6.66. The Labute approximate surface area is 202 Å². The van der Waals surface area contributed by atoms with E-state index in [4.69, 9.17) is 0 Å². The zero-order valence-electron chi connectivity index (χ0n) is 19.4. The largest absolute Gasteiger partial charge is 0.374 e. The number of fused-ring (bicyclic) bond motifs is 1. The van der Waals surface area contributed by atoms with Crippen LogP contribution in [0.15, 0.2) is 42.5 Å². The second-order valence-corrected chi connectivity index (χ2v) is 8.99. The van der Waals surface area contributed by atoms with Crippen LogP contribution in [0, 0.1) is 11.6 Å². The first kappa shape index (κ1) is 23.3. The minimum absolute atomic E-state index is 0.102. The van der Waals surface area contributed by atoms with Crippen LogP contribution in [0.5, 0.6) is 0 Å². The van der Waals surface area contributed by atoms with E-state index in [2.05, 4.69) is 20.6 Å². The molecule has 2 atom stereocenters. The summed E-state index contributed by atoms with van der Waals surface area (Å²) in [6, 6.07) is 11.0. The van der Waals surface area contributed by atoms with Gasteiger partial charge in [-0.2, -0.15) is 0 Å². The van der Waals surface area contributed by atoms with E-state index in [9.17, 15) is 18.7 Å². The topological polar surface area (TPSA) is 90.4 Å². The molecule has 182 valence electrons. The molecule has 1 unspecified atom stereocenters. The maximum absolute atomic E-state index is 14.4. The normalized spacial score (nSPS) is 18.3. The third kappa shape index (κ3) is 4.61. The van der Waals surface area contributed by atoms with Gasteiger partial charge in [-0.1, -0.05) is 18.2 Å². The molecule has 1 amide bonds. The molecule has 0 spiro atoms. The van der Waals surface area contributed by atoms with Crippen molar-refractivity contribution in [2.24, 2.45) is 0 Å². The van der Waals surface area contributed by atoms with Crippen molar-refractivity contribution in [1.29, 1.82) is 0 Å². The molecule has 3 aromatic rings. The zero-order valence-corrected chi connectivity index (χ0v) is 19.4. The Morgan fingerprint density at radius 1 is 1.09 bits per heavy atom. The summed E-state index contributed by atoms with van der Waals surface area (Å²) in [6.07, 6.45) is 2.25. The molecule has 0 bridgehead atoms. The highest BCUT2D eigenvalue weighted by Gasteiger charge is 2.29. The Hall–Kier alpha value is -3.43. The van der Waals surface area contributed by atoms with Gasteiger partial charge >= 0.3 is 0 Å². The van der Waals surface area contributed by atoms with E-state index < -0.39 is 17.9 Å². The molecule has 7 nitrogen and oxygen atoms in total. The Bertz CT molecular complexity index is 1220. The monoisotopic (exact) mass is 479 g/mol. The minimum atomic E-state index is -1.01. The van der Waals surface area contributed by atoms with Crippen molar-refractivity contribution < 1.29 is 18.7 Å². The summed E-state index contributed by atoms with van der Waals surface area (Å²) in [5.74, 6) is -1.50. The highest BCUT2D eigenvalue weighted by molar-refractivity contribution is 5.83. The lowest BCUT2D eigenvalue weighted by Gasteiger charge is -2.29. The quantitative estimate of drug-likeness (QED) is 0.503. The van der Waals surface area contributed by atoms with Gasteiger partial charge in [0.05, 0.1) is 22.7 Å². The Balaban J connectivity index is 1.42. The van der Waals surface area contributed by atoms with Gasteiger partial charge in [0.1, 0.15) is 23.7 Å². The summed E-state index contributed by atoms with van der Waals surface area (Å²) in [5.41, 5.74) is 2.13. The van der Waals surface area contributed by atoms with Gasteiger partial charge in [-0.15, -0.1) is 0 Å². The fourth-order valence-corrected chi connectivity index (χ4v) is 4.67. The number of aliphatic hydroxyl groups excluding tert-OH is 1. The molecule has 1 aromatic heterocycles. The maximum atomic E-state index is 14.4. The van der Waals surface area contributed by atoms with Crippen molar-refractivity contribution in [3.05, 3.63) is 70.9 Å². The second kappa shape index (κ2) is 9.67. The summed E-state index contributed by atoms with van der Waals surface area (Å²) in [4.78, 5) is 23.5. The van der Waals surface area contributed by atoms with Gasteiger partial charge < -0.3 is 15.3 Å². The molecule has 35 heavy (non-hydrogen) atoms. The predicted octanol–water partition coefficient (Wildman–Crippen LogP) is 4.38. The molecule has 5 rings (SSSR count). The number of benzene rings is 2. The van der Waals surface area contributed by atoms with Crippen molar-refractivity contribution in [3.8, 4) is 11.4 Å². The number of carbonyl (C=O) groups is 1. The van der Waals surface area contributed by atoms with Crippen molar-refractivity contribution >= 4 is 17.4 Å². The Kier molecular flexibility index (Phi) is 6.44. The summed E-state index contributed by atoms with van der Waals surface area (Å²) < 4.78 is 28.8. The number of anilines is 2. The molecule has 0 saturated carbocycles. The van der Waals surface area contributed by atoms with Crippen LogP contribution in [0.2, 0.25) is 0 Å². The molecule has 2 aliphatic rings. The SMILES string of the molecule is C[C@@H](C(=O)N1CCCCC1)c1ccc(Nc2nc(-c3c(F)cccc3F)nc3c2C(O)NC3)cc1. The number of piperidine rings is 1. The molecular formula is C26H27F2N5O2. The van der Waals surface area contributed by atoms with Crippen molar-refractivity contribution in [1.82, 2.24) is 20.2 Å². The molecule has 1 fully saturated rings. The lowest BCUT2D eigenvalue weighted by Crippen LogP contribution is -2.38. The predicted molar refractivity (Wildman–Crippen MR) is 128 cm³/mol. The van der Waals surface area contributed by atoms with E-state index in [-0.39, 0.29) is 35.6 Å². The van der Waals surface area contributed by atoms with E-state index in [1.165, 1.54) is 12.5 Å². The highest BCUT2D eigenvalue weighted by atomic mass is 19.1. The van der Waals surface area contributed by atoms with E-state index in [0.29, 0.717) is 16.9 Å². The number of hydrogen-bond donors (Lipinski definition) is 3. The van der Waals surface area contributed by atoms with E-state index in [1.54, 1.807) is 0 Å². The molecular weight excluding hydrogens is 452 g/mol. The number of likely N-dealkylation sites (tertiary alicyclic amines) is 1. The second-order valence-electron chi connectivity index (χ2n) is 8.99. The van der Waals surface area contributed by atoms with Crippen molar-refractivity contribution in [2.75, 3.05) is 18.4 Å². The number of aromatic nitrogens is 2. The molecule has 9 heteroatoms. The van der Waals surface area contributed by atoms with Gasteiger partial charge in [0.15, 0.2) is 5.82 Å². The van der Waals surface area contributed by atoms with Crippen LogP contribution in [-0.2, 0) is 11.3 Å². The first-order valence-corrected chi connectivity index (χ1v) is 11.8. The van der Waals surface area contributed by atoms with Crippen molar-refractivity contribution in [2.45, 2.75) is 44.9 Å². The van der Waals surface area contributed by atoms with Gasteiger partial charge in [0, 0.05) is 25.3 Å². The molecule has 0 aliphatic carbocycles. The van der Waals surface area contributed by atoms with Crippen LogP contribution < -0.4 is 10.6 Å². The number of aliphatic hydroxyl groups is 1. The lowest BCUT2D eigenvalue weighted by molar-refractivity contribution is -0.133. The van der Waals surface area contributed by atoms with Crippen LogP contribution in [0.25, 0.3) is 11.4 Å². The minimum Gasteiger partial charge on any atom is -0.374 e. The third-order valence-corrected chi connectivity index (χ3v) is 6.66. The molecule has 3 N–H and O–H groups in total. The molecule has 2 aromatic carbocycles. The molecule has 0 radical (unpaired) electrons. The van der Waals surface area contributed by atoms with Crippen molar-refractivity contribution in [3.63, 3.8) is 0 Å². The van der Waals surface area contributed by atoms with Gasteiger partial charge in [-0.3, -0.25) is 10.1 Å². The fourth-order valence-electron chi connectivity index (χ4n) is 4.67. The molecule has 3 heterocycles. The maximum Gasteiger partial charge on any atom is 0.229 e. The number of carbonyl (C=O) groups excluding carboxylic acids is 1. The number of rotatable bonds is 5. The first-order chi connectivity index (χ1) is 16.9. The summed E-state index contributed by atoms with van der Waals surface area (Å²) >= 11 is 0. The van der Waals surface area contributed by atoms with Crippen LogP contribution in [-0.4, -0.2) is 39.0 Å². The highest BCUT2D eigenvalue weighted by Crippen LogP contribution is 2.34. The van der Waals surface area contributed by atoms with Gasteiger partial charge in [-0.05, 0) is 56.0 Å². The standard InChI is InChI=1S/C26H27F2N5O2/c1-15(26(35)33-12-3-2-4-13-33)16-8-10-17(11-9-16)30-24-22-20(14-29-25(22)34)31-23(32-24)21-18(27)6-5-7-19(21)28/h5-11,15,25,29,34H,2-4,12-14H2,1H3,(H,30,31,32)/t15-,25?/m1/s1. The number of amides is 1. The number of halogens is 2. The van der Waals surface area contributed by atoms with E-state index in [0.717, 1.165) is 43.6 Å². The molecule has 2 aliphatic heterocycles. The average molecular weight is 480 g/mol. The summed E-state index contributed by atoms with van der Waals surface area (Å²) in [6.45, 7) is 3.77. The fraction of sp³-hybridized carbons (Fsp3) is 0.346. The van der Waals surface area contributed by atoms with E-state index in [1.807, 2.05) is 36.1 Å². The van der Waals surface area contributed by atoms with Gasteiger partial charge in [0.2, 0.25) is 5.91 Å². The van der Waals surface area contributed by atoms with Crippen LogP contribution in [0.1, 0.15) is 55.2 Å². The van der Waals surface area contributed by atoms with Crippen LogP contribution in [0.3, 0.4) is 0 Å². The smallest absolute Gasteiger partial charge is 0.229 e. The van der Waals surface area contributed by atoms with Crippen LogP contribution >= 0.6 is 0 Å². The Morgan fingerprint density at radius 3 is 2.46 bits per heavy atom. The Morgan fingerprint density at radius 2 is 1.77 bits per heavy atom.